The Morgan fingerprint density at radius 1 is 1.37 bits per heavy atom. The molecule has 0 amide bonds. The molecule has 0 bridgehead atoms. The summed E-state index contributed by atoms with van der Waals surface area (Å²) in [5.74, 6) is 2.09. The first-order valence-electron chi connectivity index (χ1n) is 5.87. The molecule has 2 aromatic heterocycles. The lowest BCUT2D eigenvalue weighted by atomic mass is 10.1. The van der Waals surface area contributed by atoms with Crippen molar-refractivity contribution in [3.05, 3.63) is 36.5 Å². The predicted molar refractivity (Wildman–Crippen MR) is 71.4 cm³/mol. The zero-order valence-electron chi connectivity index (χ0n) is 10.8. The molecule has 0 spiro atoms. The topological polar surface area (TPSA) is 86.8 Å². The number of aromatic nitrogens is 2. The van der Waals surface area contributed by atoms with E-state index in [1.54, 1.807) is 26.2 Å². The summed E-state index contributed by atoms with van der Waals surface area (Å²) in [6.07, 6.45) is 3.07. The molecule has 2 heterocycles. The Hall–Kier alpha value is -2.55. The van der Waals surface area contributed by atoms with Crippen LogP contribution >= 0.6 is 0 Å². The van der Waals surface area contributed by atoms with Crippen LogP contribution in [0.25, 0.3) is 0 Å². The average molecular weight is 257 g/mol. The van der Waals surface area contributed by atoms with Crippen molar-refractivity contribution in [2.24, 2.45) is 0 Å². The number of nitriles is 1. The zero-order valence-corrected chi connectivity index (χ0v) is 10.8. The third-order valence-electron chi connectivity index (χ3n) is 2.41. The van der Waals surface area contributed by atoms with E-state index < -0.39 is 5.54 Å². The average Bonchev–Trinajstić information content (AvgIpc) is 2.89. The van der Waals surface area contributed by atoms with Gasteiger partial charge in [0.2, 0.25) is 0 Å². The second-order valence-corrected chi connectivity index (χ2v) is 4.58. The molecule has 2 aromatic rings. The lowest BCUT2D eigenvalue weighted by molar-refractivity contribution is 0.518. The van der Waals surface area contributed by atoms with Crippen LogP contribution in [-0.4, -0.2) is 15.5 Å². The minimum absolute atomic E-state index is 0.547. The number of hydrogen-bond acceptors (Lipinski definition) is 6. The van der Waals surface area contributed by atoms with E-state index in [-0.39, 0.29) is 0 Å². The smallest absolute Gasteiger partial charge is 0.132 e. The van der Waals surface area contributed by atoms with Gasteiger partial charge in [0.1, 0.15) is 29.3 Å². The Labute approximate surface area is 111 Å². The Balaban J connectivity index is 2.01. The van der Waals surface area contributed by atoms with Crippen LogP contribution in [0.3, 0.4) is 0 Å². The standard InChI is InChI=1S/C13H15N5O/c1-13(2,8-14)18-12-6-11(16-9-17-12)15-7-10-4-3-5-19-10/h3-6,9H,7H2,1-2H3,(H2,15,16,17,18). The van der Waals surface area contributed by atoms with Gasteiger partial charge in [0, 0.05) is 6.07 Å². The van der Waals surface area contributed by atoms with E-state index in [9.17, 15) is 0 Å². The van der Waals surface area contributed by atoms with Crippen LogP contribution in [-0.2, 0) is 6.54 Å². The van der Waals surface area contributed by atoms with Crippen LogP contribution in [0.2, 0.25) is 0 Å². The molecule has 0 fully saturated rings. The summed E-state index contributed by atoms with van der Waals surface area (Å²) in [7, 11) is 0. The lowest BCUT2D eigenvalue weighted by Crippen LogP contribution is -2.29. The van der Waals surface area contributed by atoms with Crippen molar-refractivity contribution in [2.45, 2.75) is 25.9 Å². The molecule has 2 N–H and O–H groups in total. The molecule has 6 nitrogen and oxygen atoms in total. The molecule has 0 aliphatic heterocycles. The Morgan fingerprint density at radius 2 is 2.16 bits per heavy atom. The van der Waals surface area contributed by atoms with Gasteiger partial charge in [0.05, 0.1) is 18.9 Å². The van der Waals surface area contributed by atoms with Crippen molar-refractivity contribution in [1.29, 1.82) is 5.26 Å². The molecule has 2 rings (SSSR count). The highest BCUT2D eigenvalue weighted by atomic mass is 16.3. The first kappa shape index (κ1) is 12.9. The van der Waals surface area contributed by atoms with Gasteiger partial charge in [0.25, 0.3) is 0 Å². The molecule has 0 saturated heterocycles. The molecule has 6 heteroatoms. The maximum atomic E-state index is 8.97. The molecule has 19 heavy (non-hydrogen) atoms. The molecule has 0 aliphatic rings. The number of furan rings is 1. The quantitative estimate of drug-likeness (QED) is 0.855. The zero-order chi connectivity index (χ0) is 13.7. The van der Waals surface area contributed by atoms with Gasteiger partial charge in [0.15, 0.2) is 0 Å². The Kier molecular flexibility index (Phi) is 3.66. The Bertz CT molecular complexity index is 571. The van der Waals surface area contributed by atoms with Gasteiger partial charge < -0.3 is 15.1 Å². The maximum absolute atomic E-state index is 8.97. The summed E-state index contributed by atoms with van der Waals surface area (Å²) in [6.45, 7) is 4.11. The Morgan fingerprint density at radius 3 is 2.84 bits per heavy atom. The van der Waals surface area contributed by atoms with Crippen molar-refractivity contribution >= 4 is 11.6 Å². The van der Waals surface area contributed by atoms with Gasteiger partial charge in [-0.2, -0.15) is 5.26 Å². The summed E-state index contributed by atoms with van der Waals surface area (Å²) < 4.78 is 5.22. The van der Waals surface area contributed by atoms with Crippen LogP contribution in [0.1, 0.15) is 19.6 Å². The number of hydrogen-bond donors (Lipinski definition) is 2. The molecule has 98 valence electrons. The molecule has 0 unspecified atom stereocenters. The number of rotatable bonds is 5. The lowest BCUT2D eigenvalue weighted by Gasteiger charge is -2.18. The second kappa shape index (κ2) is 5.40. The summed E-state index contributed by atoms with van der Waals surface area (Å²) >= 11 is 0. The summed E-state index contributed by atoms with van der Waals surface area (Å²) in [5.41, 5.74) is -0.674. The van der Waals surface area contributed by atoms with Gasteiger partial charge in [-0.1, -0.05) is 0 Å². The monoisotopic (exact) mass is 257 g/mol. The van der Waals surface area contributed by atoms with Crippen molar-refractivity contribution in [2.75, 3.05) is 10.6 Å². The van der Waals surface area contributed by atoms with Crippen molar-refractivity contribution in [3.8, 4) is 6.07 Å². The largest absolute Gasteiger partial charge is 0.467 e. The fourth-order valence-corrected chi connectivity index (χ4v) is 1.46. The highest BCUT2D eigenvalue weighted by molar-refractivity contribution is 5.48. The van der Waals surface area contributed by atoms with Gasteiger partial charge in [-0.25, -0.2) is 9.97 Å². The van der Waals surface area contributed by atoms with Gasteiger partial charge in [-0.15, -0.1) is 0 Å². The molecule has 0 atom stereocenters. The summed E-state index contributed by atoms with van der Waals surface area (Å²) in [4.78, 5) is 8.19. The van der Waals surface area contributed by atoms with E-state index >= 15 is 0 Å². The molecular weight excluding hydrogens is 242 g/mol. The highest BCUT2D eigenvalue weighted by Crippen LogP contribution is 2.15. The van der Waals surface area contributed by atoms with E-state index in [0.29, 0.717) is 18.2 Å². The number of nitrogens with one attached hydrogen (secondary N) is 2. The first-order valence-corrected chi connectivity index (χ1v) is 5.87. The minimum atomic E-state index is -0.674. The summed E-state index contributed by atoms with van der Waals surface area (Å²) in [5, 5.41) is 15.1. The van der Waals surface area contributed by atoms with E-state index in [0.717, 1.165) is 5.76 Å². The van der Waals surface area contributed by atoms with Crippen LogP contribution in [0.15, 0.2) is 35.2 Å². The van der Waals surface area contributed by atoms with Crippen LogP contribution in [0.4, 0.5) is 11.6 Å². The predicted octanol–water partition coefficient (Wildman–Crippen LogP) is 2.40. The van der Waals surface area contributed by atoms with E-state index in [1.807, 2.05) is 12.1 Å². The maximum Gasteiger partial charge on any atom is 0.132 e. The molecule has 0 aliphatic carbocycles. The highest BCUT2D eigenvalue weighted by Gasteiger charge is 2.16. The molecule has 0 aromatic carbocycles. The fourth-order valence-electron chi connectivity index (χ4n) is 1.46. The fraction of sp³-hybridized carbons (Fsp3) is 0.308. The van der Waals surface area contributed by atoms with E-state index in [1.165, 1.54) is 6.33 Å². The van der Waals surface area contributed by atoms with Crippen molar-refractivity contribution < 1.29 is 4.42 Å². The normalized spacial score (nSPS) is 10.8. The molecule has 0 radical (unpaired) electrons. The molecule has 0 saturated carbocycles. The minimum Gasteiger partial charge on any atom is -0.467 e. The van der Waals surface area contributed by atoms with E-state index in [2.05, 4.69) is 26.7 Å². The van der Waals surface area contributed by atoms with Crippen molar-refractivity contribution in [1.82, 2.24) is 9.97 Å². The number of nitrogens with zero attached hydrogens (tertiary/aromatic N) is 3. The van der Waals surface area contributed by atoms with Crippen molar-refractivity contribution in [3.63, 3.8) is 0 Å². The van der Waals surface area contributed by atoms with Gasteiger partial charge in [-0.3, -0.25) is 0 Å². The van der Waals surface area contributed by atoms with Gasteiger partial charge in [-0.05, 0) is 26.0 Å². The summed E-state index contributed by atoms with van der Waals surface area (Å²) in [6, 6.07) is 7.62. The van der Waals surface area contributed by atoms with Crippen LogP contribution < -0.4 is 10.6 Å². The third kappa shape index (κ3) is 3.71. The van der Waals surface area contributed by atoms with E-state index in [4.69, 9.17) is 9.68 Å². The SMILES string of the molecule is CC(C)(C#N)Nc1cc(NCc2ccco2)ncn1. The second-order valence-electron chi connectivity index (χ2n) is 4.58. The molecular formula is C13H15N5O. The van der Waals surface area contributed by atoms with Crippen LogP contribution in [0.5, 0.6) is 0 Å². The first-order chi connectivity index (χ1) is 9.09. The van der Waals surface area contributed by atoms with Gasteiger partial charge >= 0.3 is 0 Å². The third-order valence-corrected chi connectivity index (χ3v) is 2.41. The van der Waals surface area contributed by atoms with Crippen LogP contribution in [0, 0.1) is 11.3 Å². The number of anilines is 2.